The van der Waals surface area contributed by atoms with Crippen LogP contribution < -0.4 is 10.1 Å². The summed E-state index contributed by atoms with van der Waals surface area (Å²) in [6.07, 6.45) is 6.71. The number of rotatable bonds is 5. The third-order valence-corrected chi connectivity index (χ3v) is 3.88. The highest BCUT2D eigenvalue weighted by Gasteiger charge is 2.22. The van der Waals surface area contributed by atoms with Crippen molar-refractivity contribution in [1.29, 1.82) is 0 Å². The summed E-state index contributed by atoms with van der Waals surface area (Å²) in [6, 6.07) is 8.24. The van der Waals surface area contributed by atoms with Gasteiger partial charge in [-0.3, -0.25) is 0 Å². The first-order chi connectivity index (χ1) is 9.05. The van der Waals surface area contributed by atoms with E-state index in [4.69, 9.17) is 16.3 Å². The molecule has 1 fully saturated rings. The molecule has 1 aromatic rings. The van der Waals surface area contributed by atoms with Crippen molar-refractivity contribution in [2.45, 2.75) is 57.6 Å². The molecule has 1 aliphatic carbocycles. The second-order valence-corrected chi connectivity index (χ2v) is 6.47. The molecule has 0 radical (unpaired) electrons. The van der Waals surface area contributed by atoms with Crippen LogP contribution in [0.4, 0.5) is 0 Å². The minimum atomic E-state index is -0.203. The Hall–Kier alpha value is -0.730. The largest absolute Gasteiger partial charge is 0.487 e. The number of ether oxygens (including phenoxy) is 1. The smallest absolute Gasteiger partial charge is 0.120 e. The number of nitrogens with one attached hydrogen (secondary N) is 1. The minimum absolute atomic E-state index is 0.203. The van der Waals surface area contributed by atoms with Crippen LogP contribution in [0.3, 0.4) is 0 Å². The lowest BCUT2D eigenvalue weighted by Gasteiger charge is -2.31. The molecule has 2 rings (SSSR count). The van der Waals surface area contributed by atoms with Crippen molar-refractivity contribution < 1.29 is 4.74 Å². The molecule has 0 amide bonds. The zero-order valence-corrected chi connectivity index (χ0v) is 12.7. The van der Waals surface area contributed by atoms with Crippen LogP contribution in [0.25, 0.3) is 0 Å². The van der Waals surface area contributed by atoms with Gasteiger partial charge in [-0.05, 0) is 51.0 Å². The normalized spacial score (nSPS) is 17.4. The molecule has 3 heteroatoms. The minimum Gasteiger partial charge on any atom is -0.487 e. The van der Waals surface area contributed by atoms with Crippen molar-refractivity contribution >= 4 is 11.6 Å². The van der Waals surface area contributed by atoms with Crippen LogP contribution in [0, 0.1) is 0 Å². The van der Waals surface area contributed by atoms with E-state index >= 15 is 0 Å². The molecule has 0 atom stereocenters. The molecule has 0 unspecified atom stereocenters. The monoisotopic (exact) mass is 281 g/mol. The zero-order valence-electron chi connectivity index (χ0n) is 11.9. The van der Waals surface area contributed by atoms with E-state index in [2.05, 4.69) is 19.2 Å². The Balaban J connectivity index is 1.81. The second-order valence-electron chi connectivity index (χ2n) is 6.03. The van der Waals surface area contributed by atoms with E-state index < -0.39 is 0 Å². The fourth-order valence-electron chi connectivity index (χ4n) is 2.55. The number of halogens is 1. The zero-order chi connectivity index (χ0) is 13.7. The summed E-state index contributed by atoms with van der Waals surface area (Å²) in [5.74, 6) is 0.875. The summed E-state index contributed by atoms with van der Waals surface area (Å²) >= 11 is 5.88. The topological polar surface area (TPSA) is 21.3 Å². The van der Waals surface area contributed by atoms with Crippen LogP contribution in [0.2, 0.25) is 5.02 Å². The summed E-state index contributed by atoms with van der Waals surface area (Å²) in [5, 5.41) is 4.38. The van der Waals surface area contributed by atoms with E-state index in [-0.39, 0.29) is 5.60 Å². The summed E-state index contributed by atoms with van der Waals surface area (Å²) in [7, 11) is 0. The predicted octanol–water partition coefficient (Wildman–Crippen LogP) is 4.42. The Morgan fingerprint density at radius 3 is 2.42 bits per heavy atom. The molecule has 1 N–H and O–H groups in total. The molecule has 0 heterocycles. The van der Waals surface area contributed by atoms with Crippen LogP contribution in [0.5, 0.6) is 5.75 Å². The predicted molar refractivity (Wildman–Crippen MR) is 81.0 cm³/mol. The number of benzene rings is 1. The molecular weight excluding hydrogens is 258 g/mol. The fourth-order valence-corrected chi connectivity index (χ4v) is 2.68. The summed E-state index contributed by atoms with van der Waals surface area (Å²) in [5.41, 5.74) is -0.203. The van der Waals surface area contributed by atoms with Crippen LogP contribution >= 0.6 is 11.6 Å². The Kier molecular flexibility index (Phi) is 5.12. The Labute approximate surface area is 121 Å². The van der Waals surface area contributed by atoms with Gasteiger partial charge in [0.1, 0.15) is 11.4 Å². The lowest BCUT2D eigenvalue weighted by atomic mass is 9.95. The van der Waals surface area contributed by atoms with E-state index in [0.29, 0.717) is 6.04 Å². The quantitative estimate of drug-likeness (QED) is 0.863. The number of hydrogen-bond donors (Lipinski definition) is 1. The van der Waals surface area contributed by atoms with Gasteiger partial charge in [-0.1, -0.05) is 30.9 Å². The first-order valence-electron chi connectivity index (χ1n) is 7.23. The molecule has 0 bridgehead atoms. The molecule has 1 aromatic carbocycles. The van der Waals surface area contributed by atoms with E-state index in [1.54, 1.807) is 0 Å². The molecule has 1 aliphatic rings. The van der Waals surface area contributed by atoms with Crippen LogP contribution in [0.1, 0.15) is 46.0 Å². The van der Waals surface area contributed by atoms with Gasteiger partial charge in [0.25, 0.3) is 0 Å². The van der Waals surface area contributed by atoms with Gasteiger partial charge >= 0.3 is 0 Å². The van der Waals surface area contributed by atoms with Crippen molar-refractivity contribution in [3.63, 3.8) is 0 Å². The molecule has 19 heavy (non-hydrogen) atoms. The van der Waals surface area contributed by atoms with Crippen LogP contribution in [-0.2, 0) is 0 Å². The highest BCUT2D eigenvalue weighted by atomic mass is 35.5. The van der Waals surface area contributed by atoms with Crippen molar-refractivity contribution in [2.24, 2.45) is 0 Å². The highest BCUT2D eigenvalue weighted by molar-refractivity contribution is 6.30. The fraction of sp³-hybridized carbons (Fsp3) is 0.625. The van der Waals surface area contributed by atoms with Gasteiger partial charge in [-0.2, -0.15) is 0 Å². The molecule has 1 saturated carbocycles. The standard InChI is InChI=1S/C16H24ClNO/c1-16(2,12-18-14-6-4-3-5-7-14)19-15-10-8-13(17)9-11-15/h8-11,14,18H,3-7,12H2,1-2H3. The maximum Gasteiger partial charge on any atom is 0.120 e. The highest BCUT2D eigenvalue weighted by Crippen LogP contribution is 2.22. The lowest BCUT2D eigenvalue weighted by molar-refractivity contribution is 0.102. The lowest BCUT2D eigenvalue weighted by Crippen LogP contribution is -2.44. The van der Waals surface area contributed by atoms with Gasteiger partial charge < -0.3 is 10.1 Å². The summed E-state index contributed by atoms with van der Waals surface area (Å²) < 4.78 is 6.03. The van der Waals surface area contributed by atoms with E-state index in [1.165, 1.54) is 32.1 Å². The Morgan fingerprint density at radius 1 is 1.16 bits per heavy atom. The van der Waals surface area contributed by atoms with Gasteiger partial charge in [-0.15, -0.1) is 0 Å². The molecule has 0 aromatic heterocycles. The first kappa shape index (κ1) is 14.7. The molecule has 0 saturated heterocycles. The van der Waals surface area contributed by atoms with Gasteiger partial charge in [0.2, 0.25) is 0 Å². The average molecular weight is 282 g/mol. The van der Waals surface area contributed by atoms with Crippen molar-refractivity contribution in [1.82, 2.24) is 5.32 Å². The van der Waals surface area contributed by atoms with Gasteiger partial charge in [0.05, 0.1) is 0 Å². The molecule has 0 spiro atoms. The summed E-state index contributed by atoms with van der Waals surface area (Å²) in [6.45, 7) is 5.12. The molecule has 0 aliphatic heterocycles. The van der Waals surface area contributed by atoms with Gasteiger partial charge in [-0.25, -0.2) is 0 Å². The average Bonchev–Trinajstić information content (AvgIpc) is 2.40. The van der Waals surface area contributed by atoms with E-state index in [1.807, 2.05) is 24.3 Å². The van der Waals surface area contributed by atoms with Gasteiger partial charge in [0.15, 0.2) is 0 Å². The van der Waals surface area contributed by atoms with Crippen molar-refractivity contribution in [3.8, 4) is 5.75 Å². The van der Waals surface area contributed by atoms with Crippen molar-refractivity contribution in [3.05, 3.63) is 29.3 Å². The van der Waals surface area contributed by atoms with E-state index in [0.717, 1.165) is 17.3 Å². The Bertz CT molecular complexity index is 382. The third kappa shape index (κ3) is 5.04. The SMILES string of the molecule is CC(C)(CNC1CCCCC1)Oc1ccc(Cl)cc1. The first-order valence-corrected chi connectivity index (χ1v) is 7.61. The van der Waals surface area contributed by atoms with Crippen LogP contribution in [-0.4, -0.2) is 18.2 Å². The maximum absolute atomic E-state index is 6.03. The van der Waals surface area contributed by atoms with Crippen LogP contribution in [0.15, 0.2) is 24.3 Å². The second kappa shape index (κ2) is 6.62. The maximum atomic E-state index is 6.03. The third-order valence-electron chi connectivity index (χ3n) is 3.63. The van der Waals surface area contributed by atoms with E-state index in [9.17, 15) is 0 Å². The molecule has 106 valence electrons. The van der Waals surface area contributed by atoms with Crippen molar-refractivity contribution in [2.75, 3.05) is 6.54 Å². The number of hydrogen-bond acceptors (Lipinski definition) is 2. The Morgan fingerprint density at radius 2 is 1.79 bits per heavy atom. The summed E-state index contributed by atoms with van der Waals surface area (Å²) in [4.78, 5) is 0. The molecular formula is C16H24ClNO. The van der Waals surface area contributed by atoms with Gasteiger partial charge in [0, 0.05) is 17.6 Å². The molecule has 2 nitrogen and oxygen atoms in total.